The molecule has 0 radical (unpaired) electrons. The number of nitrogens with zero attached hydrogens (tertiary/aromatic N) is 3. The highest BCUT2D eigenvalue weighted by Gasteiger charge is 2.23. The average Bonchev–Trinajstić information content (AvgIpc) is 2.44. The minimum Gasteiger partial charge on any atom is -0.346 e. The minimum atomic E-state index is -0.675. The SMILES string of the molecule is Cc1nccc(CNC(=O)c2cccc(Cl)c2[N+](=O)[O-])n1. The van der Waals surface area contributed by atoms with Gasteiger partial charge in [-0.2, -0.15) is 0 Å². The van der Waals surface area contributed by atoms with Gasteiger partial charge in [-0.15, -0.1) is 0 Å². The first-order valence-corrected chi connectivity index (χ1v) is 6.36. The van der Waals surface area contributed by atoms with Gasteiger partial charge in [-0.05, 0) is 25.1 Å². The number of amides is 1. The van der Waals surface area contributed by atoms with Gasteiger partial charge < -0.3 is 5.32 Å². The van der Waals surface area contributed by atoms with Gasteiger partial charge in [0, 0.05) is 6.20 Å². The van der Waals surface area contributed by atoms with Gasteiger partial charge in [0.15, 0.2) is 0 Å². The molecule has 8 heteroatoms. The molecule has 0 fully saturated rings. The number of carbonyl (C=O) groups excluding carboxylic acids is 1. The van der Waals surface area contributed by atoms with E-state index in [0.29, 0.717) is 11.5 Å². The molecule has 0 spiro atoms. The second-order valence-electron chi connectivity index (χ2n) is 4.17. The zero-order valence-corrected chi connectivity index (χ0v) is 11.8. The molecule has 108 valence electrons. The normalized spacial score (nSPS) is 10.2. The first-order chi connectivity index (χ1) is 9.99. The van der Waals surface area contributed by atoms with E-state index in [2.05, 4.69) is 15.3 Å². The van der Waals surface area contributed by atoms with Gasteiger partial charge in [0.05, 0.1) is 17.2 Å². The number of nitrogens with one attached hydrogen (secondary N) is 1. The zero-order valence-electron chi connectivity index (χ0n) is 11.0. The third-order valence-electron chi connectivity index (χ3n) is 2.68. The molecular weight excluding hydrogens is 296 g/mol. The third kappa shape index (κ3) is 3.51. The van der Waals surface area contributed by atoms with E-state index in [9.17, 15) is 14.9 Å². The number of halogens is 1. The molecule has 0 aliphatic rings. The van der Waals surface area contributed by atoms with Crippen LogP contribution in [-0.4, -0.2) is 20.8 Å². The largest absolute Gasteiger partial charge is 0.346 e. The number of hydrogen-bond acceptors (Lipinski definition) is 5. The van der Waals surface area contributed by atoms with Crippen molar-refractivity contribution in [3.05, 3.63) is 62.7 Å². The number of nitro groups is 1. The monoisotopic (exact) mass is 306 g/mol. The van der Waals surface area contributed by atoms with Gasteiger partial charge in [0.1, 0.15) is 16.4 Å². The second-order valence-corrected chi connectivity index (χ2v) is 4.58. The van der Waals surface area contributed by atoms with Gasteiger partial charge in [-0.3, -0.25) is 14.9 Å². The number of aryl methyl sites for hydroxylation is 1. The van der Waals surface area contributed by atoms with Gasteiger partial charge in [-0.1, -0.05) is 17.7 Å². The molecule has 0 bridgehead atoms. The highest BCUT2D eigenvalue weighted by atomic mass is 35.5. The highest BCUT2D eigenvalue weighted by molar-refractivity contribution is 6.33. The molecule has 0 saturated carbocycles. The number of rotatable bonds is 4. The minimum absolute atomic E-state index is 0.0782. The fourth-order valence-corrected chi connectivity index (χ4v) is 2.00. The van der Waals surface area contributed by atoms with Crippen LogP contribution in [0.1, 0.15) is 21.9 Å². The van der Waals surface area contributed by atoms with E-state index in [-0.39, 0.29) is 17.1 Å². The fraction of sp³-hybridized carbons (Fsp3) is 0.154. The maximum Gasteiger partial charge on any atom is 0.300 e. The Bertz CT molecular complexity index is 706. The van der Waals surface area contributed by atoms with Crippen LogP contribution in [0.25, 0.3) is 0 Å². The van der Waals surface area contributed by atoms with Crippen LogP contribution in [0.5, 0.6) is 0 Å². The topological polar surface area (TPSA) is 98.0 Å². The van der Waals surface area contributed by atoms with E-state index in [1.54, 1.807) is 19.2 Å². The Morgan fingerprint density at radius 1 is 1.43 bits per heavy atom. The first kappa shape index (κ1) is 14.9. The molecule has 7 nitrogen and oxygen atoms in total. The zero-order chi connectivity index (χ0) is 15.4. The van der Waals surface area contributed by atoms with E-state index in [4.69, 9.17) is 11.6 Å². The molecule has 21 heavy (non-hydrogen) atoms. The molecular formula is C13H11ClN4O3. The van der Waals surface area contributed by atoms with Crippen LogP contribution in [0, 0.1) is 17.0 Å². The van der Waals surface area contributed by atoms with Crippen molar-refractivity contribution >= 4 is 23.2 Å². The number of hydrogen-bond donors (Lipinski definition) is 1. The maximum atomic E-state index is 12.1. The predicted molar refractivity (Wildman–Crippen MR) is 76.0 cm³/mol. The van der Waals surface area contributed by atoms with E-state index in [1.807, 2.05) is 0 Å². The van der Waals surface area contributed by atoms with Crippen LogP contribution < -0.4 is 5.32 Å². The third-order valence-corrected chi connectivity index (χ3v) is 2.98. The van der Waals surface area contributed by atoms with Crippen molar-refractivity contribution < 1.29 is 9.72 Å². The van der Waals surface area contributed by atoms with Gasteiger partial charge in [-0.25, -0.2) is 9.97 Å². The van der Waals surface area contributed by atoms with E-state index in [0.717, 1.165) is 0 Å². The van der Waals surface area contributed by atoms with E-state index < -0.39 is 16.5 Å². The summed E-state index contributed by atoms with van der Waals surface area (Å²) in [5.41, 5.74) is 0.120. The van der Waals surface area contributed by atoms with Crippen LogP contribution in [-0.2, 0) is 6.54 Å². The van der Waals surface area contributed by atoms with Crippen molar-refractivity contribution in [1.29, 1.82) is 0 Å². The molecule has 0 saturated heterocycles. The molecule has 0 unspecified atom stereocenters. The molecule has 1 heterocycles. The lowest BCUT2D eigenvalue weighted by molar-refractivity contribution is -0.385. The van der Waals surface area contributed by atoms with Crippen molar-refractivity contribution in [2.24, 2.45) is 0 Å². The maximum absolute atomic E-state index is 12.1. The number of benzene rings is 1. The smallest absolute Gasteiger partial charge is 0.300 e. The van der Waals surface area contributed by atoms with Crippen LogP contribution >= 0.6 is 11.6 Å². The molecule has 0 atom stereocenters. The fourth-order valence-electron chi connectivity index (χ4n) is 1.75. The lowest BCUT2D eigenvalue weighted by atomic mass is 10.1. The van der Waals surface area contributed by atoms with E-state index in [1.165, 1.54) is 18.2 Å². The van der Waals surface area contributed by atoms with Gasteiger partial charge in [0.25, 0.3) is 5.91 Å². The standard InChI is InChI=1S/C13H11ClN4O3/c1-8-15-6-5-9(17-8)7-16-13(19)10-3-2-4-11(14)12(10)18(20)21/h2-6H,7H2,1H3,(H,16,19). The molecule has 1 N–H and O–H groups in total. The molecule has 2 aromatic rings. The Kier molecular flexibility index (Phi) is 4.44. The molecule has 0 aliphatic heterocycles. The summed E-state index contributed by atoms with van der Waals surface area (Å²) in [4.78, 5) is 30.4. The van der Waals surface area contributed by atoms with Crippen molar-refractivity contribution in [2.75, 3.05) is 0 Å². The number of aromatic nitrogens is 2. The highest BCUT2D eigenvalue weighted by Crippen LogP contribution is 2.28. The summed E-state index contributed by atoms with van der Waals surface area (Å²) in [6, 6.07) is 5.85. The van der Waals surface area contributed by atoms with E-state index >= 15 is 0 Å². The summed E-state index contributed by atoms with van der Waals surface area (Å²) in [5.74, 6) is -0.00375. The Hall–Kier alpha value is -2.54. The number of nitro benzene ring substituents is 1. The lowest BCUT2D eigenvalue weighted by Gasteiger charge is -2.06. The Morgan fingerprint density at radius 2 is 2.19 bits per heavy atom. The summed E-state index contributed by atoms with van der Waals surface area (Å²) >= 11 is 5.76. The Labute approximate surface area is 125 Å². The summed E-state index contributed by atoms with van der Waals surface area (Å²) in [5, 5.41) is 13.5. The first-order valence-electron chi connectivity index (χ1n) is 5.98. The van der Waals surface area contributed by atoms with Crippen LogP contribution in [0.2, 0.25) is 5.02 Å². The average molecular weight is 307 g/mol. The number of para-hydroxylation sites is 1. The second kappa shape index (κ2) is 6.27. The molecule has 1 aromatic carbocycles. The van der Waals surface area contributed by atoms with Crippen LogP contribution in [0.15, 0.2) is 30.5 Å². The molecule has 2 rings (SSSR count). The van der Waals surface area contributed by atoms with Crippen molar-refractivity contribution in [2.45, 2.75) is 13.5 Å². The lowest BCUT2D eigenvalue weighted by Crippen LogP contribution is -2.24. The van der Waals surface area contributed by atoms with Gasteiger partial charge in [0.2, 0.25) is 0 Å². The predicted octanol–water partition coefficient (Wildman–Crippen LogP) is 2.28. The van der Waals surface area contributed by atoms with Crippen molar-refractivity contribution in [3.8, 4) is 0 Å². The summed E-state index contributed by atoms with van der Waals surface area (Å²) in [6.45, 7) is 1.87. The molecule has 0 aliphatic carbocycles. The van der Waals surface area contributed by atoms with Gasteiger partial charge >= 0.3 is 5.69 Å². The molecule has 1 aromatic heterocycles. The Balaban J connectivity index is 2.18. The van der Waals surface area contributed by atoms with Crippen LogP contribution in [0.3, 0.4) is 0 Å². The van der Waals surface area contributed by atoms with Crippen LogP contribution in [0.4, 0.5) is 5.69 Å². The summed E-state index contributed by atoms with van der Waals surface area (Å²) in [6.07, 6.45) is 1.58. The van der Waals surface area contributed by atoms with Crippen molar-refractivity contribution in [3.63, 3.8) is 0 Å². The van der Waals surface area contributed by atoms with Crippen molar-refractivity contribution in [1.82, 2.24) is 15.3 Å². The summed E-state index contributed by atoms with van der Waals surface area (Å²) in [7, 11) is 0. The quantitative estimate of drug-likeness (QED) is 0.690. The summed E-state index contributed by atoms with van der Waals surface area (Å²) < 4.78 is 0. The number of carbonyl (C=O) groups is 1. The Morgan fingerprint density at radius 3 is 2.86 bits per heavy atom. The molecule has 1 amide bonds.